The second-order valence-corrected chi connectivity index (χ2v) is 8.88. The molecule has 0 saturated carbocycles. The van der Waals surface area contributed by atoms with E-state index in [1.807, 2.05) is 47.4 Å². The summed E-state index contributed by atoms with van der Waals surface area (Å²) in [5.41, 5.74) is 2.03. The summed E-state index contributed by atoms with van der Waals surface area (Å²) in [5.74, 6) is 0.942. The van der Waals surface area contributed by atoms with Gasteiger partial charge in [0.1, 0.15) is 5.75 Å². The van der Waals surface area contributed by atoms with E-state index in [0.29, 0.717) is 13.1 Å². The van der Waals surface area contributed by atoms with E-state index in [9.17, 15) is 9.59 Å². The van der Waals surface area contributed by atoms with Crippen LogP contribution in [0.1, 0.15) is 24.8 Å². The summed E-state index contributed by atoms with van der Waals surface area (Å²) in [7, 11) is 1.68. The van der Waals surface area contributed by atoms with Crippen LogP contribution in [-0.4, -0.2) is 73.0 Å². The Kier molecular flexibility index (Phi) is 7.83. The van der Waals surface area contributed by atoms with Gasteiger partial charge in [-0.15, -0.1) is 0 Å². The van der Waals surface area contributed by atoms with Crippen molar-refractivity contribution in [3.8, 4) is 5.75 Å². The monoisotopic (exact) mass is 450 g/mol. The SMILES string of the molecule is COc1ccc(CN2CCCN(C(=O)C3CCCN(C(=O)Nc4ccccc4)C3)CC2)cc1. The minimum atomic E-state index is -0.125. The van der Waals surface area contributed by atoms with Gasteiger partial charge in [0.15, 0.2) is 0 Å². The van der Waals surface area contributed by atoms with Crippen LogP contribution < -0.4 is 10.1 Å². The highest BCUT2D eigenvalue weighted by molar-refractivity contribution is 5.90. The number of piperidine rings is 1. The Morgan fingerprint density at radius 2 is 1.67 bits per heavy atom. The molecule has 33 heavy (non-hydrogen) atoms. The van der Waals surface area contributed by atoms with E-state index in [0.717, 1.165) is 63.4 Å². The smallest absolute Gasteiger partial charge is 0.321 e. The maximum Gasteiger partial charge on any atom is 0.321 e. The molecule has 1 unspecified atom stereocenters. The van der Waals surface area contributed by atoms with Gasteiger partial charge in [0.25, 0.3) is 0 Å². The van der Waals surface area contributed by atoms with E-state index in [4.69, 9.17) is 4.74 Å². The van der Waals surface area contributed by atoms with Crippen LogP contribution in [0, 0.1) is 5.92 Å². The minimum Gasteiger partial charge on any atom is -0.497 e. The maximum absolute atomic E-state index is 13.3. The van der Waals surface area contributed by atoms with Crippen molar-refractivity contribution in [3.05, 3.63) is 60.2 Å². The Labute approximate surface area is 196 Å². The van der Waals surface area contributed by atoms with Crippen molar-refractivity contribution in [2.45, 2.75) is 25.8 Å². The number of benzene rings is 2. The molecule has 0 aliphatic carbocycles. The third kappa shape index (κ3) is 6.26. The fourth-order valence-electron chi connectivity index (χ4n) is 4.68. The van der Waals surface area contributed by atoms with E-state index < -0.39 is 0 Å². The molecule has 2 aliphatic heterocycles. The zero-order valence-corrected chi connectivity index (χ0v) is 19.4. The number of nitrogens with one attached hydrogen (secondary N) is 1. The number of carbonyl (C=O) groups excluding carboxylic acids is 2. The molecule has 2 aromatic carbocycles. The first-order chi connectivity index (χ1) is 16.1. The van der Waals surface area contributed by atoms with Crippen LogP contribution in [0.4, 0.5) is 10.5 Å². The summed E-state index contributed by atoms with van der Waals surface area (Å²) < 4.78 is 5.24. The normalized spacial score (nSPS) is 19.6. The molecule has 0 spiro atoms. The van der Waals surface area contributed by atoms with Gasteiger partial charge in [-0.2, -0.15) is 0 Å². The molecule has 7 nitrogen and oxygen atoms in total. The molecule has 3 amide bonds. The molecule has 2 saturated heterocycles. The van der Waals surface area contributed by atoms with Crippen LogP contribution in [0.2, 0.25) is 0 Å². The number of amides is 3. The predicted octanol–water partition coefficient (Wildman–Crippen LogP) is 3.67. The van der Waals surface area contributed by atoms with E-state index in [1.165, 1.54) is 5.56 Å². The van der Waals surface area contributed by atoms with E-state index >= 15 is 0 Å². The molecule has 0 aromatic heterocycles. The molecule has 7 heteroatoms. The first-order valence-corrected chi connectivity index (χ1v) is 11.9. The van der Waals surface area contributed by atoms with E-state index in [1.54, 1.807) is 12.0 Å². The van der Waals surface area contributed by atoms with Gasteiger partial charge in [0, 0.05) is 51.5 Å². The molecular weight excluding hydrogens is 416 g/mol. The molecule has 2 fully saturated rings. The molecule has 0 bridgehead atoms. The van der Waals surface area contributed by atoms with E-state index in [2.05, 4.69) is 22.3 Å². The van der Waals surface area contributed by atoms with Crippen molar-refractivity contribution in [2.75, 3.05) is 51.7 Å². The molecular formula is C26H34N4O3. The lowest BCUT2D eigenvalue weighted by atomic mass is 9.96. The van der Waals surface area contributed by atoms with Gasteiger partial charge < -0.3 is 19.9 Å². The Morgan fingerprint density at radius 3 is 2.42 bits per heavy atom. The largest absolute Gasteiger partial charge is 0.497 e. The minimum absolute atomic E-state index is 0.117. The Hall–Kier alpha value is -3.06. The molecule has 1 N–H and O–H groups in total. The number of likely N-dealkylation sites (tertiary alicyclic amines) is 1. The first-order valence-electron chi connectivity index (χ1n) is 11.9. The van der Waals surface area contributed by atoms with Crippen molar-refractivity contribution in [3.63, 3.8) is 0 Å². The van der Waals surface area contributed by atoms with Gasteiger partial charge in [-0.1, -0.05) is 30.3 Å². The predicted molar refractivity (Wildman–Crippen MR) is 129 cm³/mol. The second kappa shape index (κ2) is 11.2. The van der Waals surface area contributed by atoms with Crippen LogP contribution in [0.25, 0.3) is 0 Å². The number of methoxy groups -OCH3 is 1. The van der Waals surface area contributed by atoms with Gasteiger partial charge in [0.2, 0.25) is 5.91 Å². The summed E-state index contributed by atoms with van der Waals surface area (Å²) in [4.78, 5) is 32.2. The van der Waals surface area contributed by atoms with Crippen molar-refractivity contribution >= 4 is 17.6 Å². The van der Waals surface area contributed by atoms with Gasteiger partial charge in [-0.3, -0.25) is 9.69 Å². The van der Waals surface area contributed by atoms with Gasteiger partial charge in [-0.25, -0.2) is 4.79 Å². The summed E-state index contributed by atoms with van der Waals surface area (Å²) in [6.07, 6.45) is 2.67. The lowest BCUT2D eigenvalue weighted by Crippen LogP contribution is -2.48. The number of anilines is 1. The summed E-state index contributed by atoms with van der Waals surface area (Å²) in [5, 5.41) is 2.94. The molecule has 2 aromatic rings. The average Bonchev–Trinajstić information content (AvgIpc) is 3.10. The van der Waals surface area contributed by atoms with Crippen LogP contribution >= 0.6 is 0 Å². The maximum atomic E-state index is 13.3. The molecule has 2 heterocycles. The first kappa shape index (κ1) is 23.1. The Bertz CT molecular complexity index is 919. The highest BCUT2D eigenvalue weighted by atomic mass is 16.5. The lowest BCUT2D eigenvalue weighted by molar-refractivity contribution is -0.136. The number of urea groups is 1. The summed E-state index contributed by atoms with van der Waals surface area (Å²) >= 11 is 0. The van der Waals surface area contributed by atoms with Crippen molar-refractivity contribution in [1.29, 1.82) is 0 Å². The van der Waals surface area contributed by atoms with Crippen LogP contribution in [-0.2, 0) is 11.3 Å². The standard InChI is InChI=1S/C26H34N4O3/c1-33-24-12-10-21(11-13-24)19-28-14-6-16-29(18-17-28)25(31)22-7-5-15-30(20-22)26(32)27-23-8-3-2-4-9-23/h2-4,8-13,22H,5-7,14-20H2,1H3,(H,27,32). The van der Waals surface area contributed by atoms with Crippen LogP contribution in [0.5, 0.6) is 5.75 Å². The Balaban J connectivity index is 1.28. The second-order valence-electron chi connectivity index (χ2n) is 8.88. The quantitative estimate of drug-likeness (QED) is 0.755. The van der Waals surface area contributed by atoms with Gasteiger partial charge in [0.05, 0.1) is 13.0 Å². The van der Waals surface area contributed by atoms with E-state index in [-0.39, 0.29) is 17.9 Å². The number of carbonyl (C=O) groups is 2. The summed E-state index contributed by atoms with van der Waals surface area (Å²) in [6, 6.07) is 17.5. The fraction of sp³-hybridized carbons (Fsp3) is 0.462. The topological polar surface area (TPSA) is 65.1 Å². The average molecular weight is 451 g/mol. The zero-order chi connectivity index (χ0) is 23.0. The zero-order valence-electron chi connectivity index (χ0n) is 19.4. The molecule has 0 radical (unpaired) electrons. The number of nitrogens with zero attached hydrogens (tertiary/aromatic N) is 3. The number of para-hydroxylation sites is 1. The fourth-order valence-corrected chi connectivity index (χ4v) is 4.68. The van der Waals surface area contributed by atoms with Crippen molar-refractivity contribution in [2.24, 2.45) is 5.92 Å². The molecule has 176 valence electrons. The number of hydrogen-bond acceptors (Lipinski definition) is 4. The van der Waals surface area contributed by atoms with Crippen molar-refractivity contribution in [1.82, 2.24) is 14.7 Å². The Morgan fingerprint density at radius 1 is 0.909 bits per heavy atom. The third-order valence-electron chi connectivity index (χ3n) is 6.55. The van der Waals surface area contributed by atoms with Crippen LogP contribution in [0.15, 0.2) is 54.6 Å². The lowest BCUT2D eigenvalue weighted by Gasteiger charge is -2.34. The molecule has 1 atom stereocenters. The molecule has 4 rings (SSSR count). The number of ether oxygens (including phenoxy) is 1. The number of rotatable bonds is 5. The van der Waals surface area contributed by atoms with Gasteiger partial charge >= 0.3 is 6.03 Å². The number of hydrogen-bond donors (Lipinski definition) is 1. The van der Waals surface area contributed by atoms with Gasteiger partial charge in [-0.05, 0) is 49.1 Å². The van der Waals surface area contributed by atoms with Crippen molar-refractivity contribution < 1.29 is 14.3 Å². The third-order valence-corrected chi connectivity index (χ3v) is 6.55. The molecule has 2 aliphatic rings. The highest BCUT2D eigenvalue weighted by Gasteiger charge is 2.32. The summed E-state index contributed by atoms with van der Waals surface area (Å²) in [6.45, 7) is 5.42. The highest BCUT2D eigenvalue weighted by Crippen LogP contribution is 2.21. The van der Waals surface area contributed by atoms with Crippen LogP contribution in [0.3, 0.4) is 0 Å².